The van der Waals surface area contributed by atoms with Crippen molar-refractivity contribution >= 4 is 23.5 Å². The lowest BCUT2D eigenvalue weighted by molar-refractivity contribution is -0.138. The van der Waals surface area contributed by atoms with Crippen molar-refractivity contribution in [3.05, 3.63) is 29.3 Å². The second-order valence-corrected chi connectivity index (χ2v) is 4.03. The third-order valence-corrected chi connectivity index (χ3v) is 2.46. The van der Waals surface area contributed by atoms with E-state index >= 15 is 0 Å². The van der Waals surface area contributed by atoms with Gasteiger partial charge in [-0.1, -0.05) is 0 Å². The Hall–Kier alpha value is -2.41. The van der Waals surface area contributed by atoms with E-state index in [0.29, 0.717) is 11.3 Å². The van der Waals surface area contributed by atoms with E-state index in [4.69, 9.17) is 15.9 Å². The van der Waals surface area contributed by atoms with Crippen molar-refractivity contribution in [1.82, 2.24) is 0 Å². The Bertz CT molecular complexity index is 527. The second kappa shape index (κ2) is 5.96. The summed E-state index contributed by atoms with van der Waals surface area (Å²) >= 11 is 0. The monoisotopic (exact) mass is 266 g/mol. The maximum atomic E-state index is 11.6. The molecule has 0 aliphatic carbocycles. The number of aryl methyl sites for hydroxylation is 1. The molecule has 0 heterocycles. The molecule has 1 atom stereocenters. The molecule has 5 N–H and O–H groups in total. The van der Waals surface area contributed by atoms with Crippen molar-refractivity contribution in [3.8, 4) is 0 Å². The van der Waals surface area contributed by atoms with Crippen molar-refractivity contribution in [3.63, 3.8) is 0 Å². The molecule has 0 saturated heterocycles. The second-order valence-electron chi connectivity index (χ2n) is 4.03. The number of hydrogen-bond acceptors (Lipinski definition) is 4. The number of hydrogen-bond donors (Lipinski definition) is 4. The van der Waals surface area contributed by atoms with E-state index in [1.54, 1.807) is 6.92 Å². The van der Waals surface area contributed by atoms with Crippen LogP contribution in [-0.2, 0) is 9.59 Å². The Kier molecular flexibility index (Phi) is 4.60. The summed E-state index contributed by atoms with van der Waals surface area (Å²) in [5.74, 6) is -2.86. The molecule has 0 saturated carbocycles. The first kappa shape index (κ1) is 14.7. The topological polar surface area (TPSA) is 130 Å². The first-order valence-corrected chi connectivity index (χ1v) is 5.43. The number of carbonyl (C=O) groups excluding carboxylic acids is 1. The lowest BCUT2D eigenvalue weighted by atomic mass is 10.1. The molecule has 1 amide bonds. The first-order chi connectivity index (χ1) is 8.81. The highest BCUT2D eigenvalue weighted by atomic mass is 16.4. The van der Waals surface area contributed by atoms with Crippen LogP contribution in [-0.4, -0.2) is 34.1 Å². The van der Waals surface area contributed by atoms with E-state index in [0.717, 1.165) is 0 Å². The molecule has 0 radical (unpaired) electrons. The smallest absolute Gasteiger partial charge is 0.335 e. The lowest BCUT2D eigenvalue weighted by Gasteiger charge is -2.12. The highest BCUT2D eigenvalue weighted by Gasteiger charge is 2.18. The molecule has 0 bridgehead atoms. The Morgan fingerprint density at radius 2 is 1.95 bits per heavy atom. The molecule has 19 heavy (non-hydrogen) atoms. The van der Waals surface area contributed by atoms with Gasteiger partial charge in [-0.25, -0.2) is 4.79 Å². The van der Waals surface area contributed by atoms with E-state index < -0.39 is 30.3 Å². The molecule has 1 rings (SSSR count). The van der Waals surface area contributed by atoms with Crippen LogP contribution in [0.3, 0.4) is 0 Å². The third kappa shape index (κ3) is 4.07. The zero-order valence-corrected chi connectivity index (χ0v) is 10.2. The highest BCUT2D eigenvalue weighted by Crippen LogP contribution is 2.17. The van der Waals surface area contributed by atoms with Gasteiger partial charge in [0.15, 0.2) is 0 Å². The minimum atomic E-state index is -1.17. The minimum Gasteiger partial charge on any atom is -0.481 e. The Morgan fingerprint density at radius 3 is 2.42 bits per heavy atom. The first-order valence-electron chi connectivity index (χ1n) is 5.43. The number of anilines is 1. The average molecular weight is 266 g/mol. The van der Waals surface area contributed by atoms with E-state index in [9.17, 15) is 14.4 Å². The molecule has 0 aromatic heterocycles. The van der Waals surface area contributed by atoms with Crippen molar-refractivity contribution in [1.29, 1.82) is 0 Å². The number of aromatic carboxylic acids is 1. The molecule has 7 heteroatoms. The van der Waals surface area contributed by atoms with Gasteiger partial charge in [0.2, 0.25) is 5.91 Å². The van der Waals surface area contributed by atoms with Crippen LogP contribution < -0.4 is 11.1 Å². The molecular weight excluding hydrogens is 252 g/mol. The summed E-state index contributed by atoms with van der Waals surface area (Å²) in [5.41, 5.74) is 6.46. The maximum absolute atomic E-state index is 11.6. The van der Waals surface area contributed by atoms with Gasteiger partial charge in [0.1, 0.15) is 0 Å². The molecule has 0 aliphatic rings. The Labute approximate surface area is 109 Å². The fourth-order valence-electron chi connectivity index (χ4n) is 1.44. The van der Waals surface area contributed by atoms with Gasteiger partial charge >= 0.3 is 11.9 Å². The lowest BCUT2D eigenvalue weighted by Crippen LogP contribution is -2.37. The number of aliphatic carboxylic acids is 1. The van der Waals surface area contributed by atoms with Gasteiger partial charge in [0.25, 0.3) is 0 Å². The van der Waals surface area contributed by atoms with Crippen LogP contribution in [0, 0.1) is 6.92 Å². The van der Waals surface area contributed by atoms with E-state index in [-0.39, 0.29) is 5.56 Å². The van der Waals surface area contributed by atoms with Crippen LogP contribution in [0.1, 0.15) is 22.3 Å². The van der Waals surface area contributed by atoms with E-state index in [2.05, 4.69) is 5.32 Å². The maximum Gasteiger partial charge on any atom is 0.335 e. The van der Waals surface area contributed by atoms with Crippen LogP contribution in [0.25, 0.3) is 0 Å². The quantitative estimate of drug-likeness (QED) is 0.611. The molecule has 0 aliphatic heterocycles. The molecule has 1 aromatic rings. The van der Waals surface area contributed by atoms with Crippen LogP contribution in [0.15, 0.2) is 18.2 Å². The highest BCUT2D eigenvalue weighted by molar-refractivity contribution is 5.97. The van der Waals surface area contributed by atoms with Crippen LogP contribution in [0.4, 0.5) is 5.69 Å². The molecule has 7 nitrogen and oxygen atoms in total. The number of carboxylic acids is 2. The molecule has 1 aromatic carbocycles. The zero-order chi connectivity index (χ0) is 14.6. The van der Waals surface area contributed by atoms with Gasteiger partial charge in [0, 0.05) is 5.69 Å². The number of nitrogens with one attached hydrogen (secondary N) is 1. The third-order valence-electron chi connectivity index (χ3n) is 2.46. The summed E-state index contributed by atoms with van der Waals surface area (Å²) in [7, 11) is 0. The van der Waals surface area contributed by atoms with Crippen molar-refractivity contribution in [2.24, 2.45) is 5.73 Å². The number of rotatable bonds is 5. The fourth-order valence-corrected chi connectivity index (χ4v) is 1.44. The van der Waals surface area contributed by atoms with E-state index in [1.807, 2.05) is 0 Å². The summed E-state index contributed by atoms with van der Waals surface area (Å²) in [6.45, 7) is 1.63. The number of carbonyl (C=O) groups is 3. The van der Waals surface area contributed by atoms with Gasteiger partial charge in [-0.3, -0.25) is 9.59 Å². The SMILES string of the molecule is Cc1cc(C(=O)O)ccc1NC(=O)C(N)CC(=O)O. The van der Waals surface area contributed by atoms with Gasteiger partial charge in [-0.2, -0.15) is 0 Å². The summed E-state index contributed by atoms with van der Waals surface area (Å²) in [6.07, 6.45) is -0.474. The largest absolute Gasteiger partial charge is 0.481 e. The number of benzene rings is 1. The van der Waals surface area contributed by atoms with Gasteiger partial charge < -0.3 is 21.3 Å². The predicted octanol–water partition coefficient (Wildman–Crippen LogP) is 0.434. The predicted molar refractivity (Wildman–Crippen MR) is 67.0 cm³/mol. The molecule has 102 valence electrons. The summed E-state index contributed by atoms with van der Waals surface area (Å²) in [4.78, 5) is 32.8. The molecule has 1 unspecified atom stereocenters. The fraction of sp³-hybridized carbons (Fsp3) is 0.250. The summed E-state index contributed by atoms with van der Waals surface area (Å²) in [6, 6.07) is 3.02. The molecular formula is C12H14N2O5. The zero-order valence-electron chi connectivity index (χ0n) is 10.2. The molecule has 0 spiro atoms. The van der Waals surface area contributed by atoms with Crippen molar-refractivity contribution in [2.45, 2.75) is 19.4 Å². The van der Waals surface area contributed by atoms with Crippen LogP contribution in [0.5, 0.6) is 0 Å². The van der Waals surface area contributed by atoms with Gasteiger partial charge in [-0.05, 0) is 30.7 Å². The van der Waals surface area contributed by atoms with Gasteiger partial charge in [-0.15, -0.1) is 0 Å². The normalized spacial score (nSPS) is 11.7. The standard InChI is InChI=1S/C12H14N2O5/c1-6-4-7(12(18)19)2-3-9(6)14-11(17)8(13)5-10(15)16/h2-4,8H,5,13H2,1H3,(H,14,17)(H,15,16)(H,18,19). The average Bonchev–Trinajstić information content (AvgIpc) is 2.30. The number of nitrogens with two attached hydrogens (primary N) is 1. The summed E-state index contributed by atoms with van der Waals surface area (Å²) in [5, 5.41) is 19.8. The summed E-state index contributed by atoms with van der Waals surface area (Å²) < 4.78 is 0. The number of carboxylic acid groups (broad SMARTS) is 2. The molecule has 0 fully saturated rings. The van der Waals surface area contributed by atoms with Crippen molar-refractivity contribution in [2.75, 3.05) is 5.32 Å². The van der Waals surface area contributed by atoms with E-state index in [1.165, 1.54) is 18.2 Å². The minimum absolute atomic E-state index is 0.102. The van der Waals surface area contributed by atoms with Gasteiger partial charge in [0.05, 0.1) is 18.0 Å². The number of amides is 1. The Balaban J connectivity index is 2.80. The van der Waals surface area contributed by atoms with Crippen LogP contribution >= 0.6 is 0 Å². The van der Waals surface area contributed by atoms with Crippen molar-refractivity contribution < 1.29 is 24.6 Å². The van der Waals surface area contributed by atoms with Crippen LogP contribution in [0.2, 0.25) is 0 Å². The Morgan fingerprint density at radius 1 is 1.32 bits per heavy atom.